The number of hydrogen-bond acceptors (Lipinski definition) is 2. The Bertz CT molecular complexity index is 228. The molecule has 0 unspecified atom stereocenters. The van der Waals surface area contributed by atoms with Crippen LogP contribution in [0.1, 0.15) is 34.6 Å². The molecule has 0 aromatic heterocycles. The first-order chi connectivity index (χ1) is 6.22. The van der Waals surface area contributed by atoms with Crippen molar-refractivity contribution in [2.75, 3.05) is 19.7 Å². The molecule has 3 heteroatoms. The summed E-state index contributed by atoms with van der Waals surface area (Å²) < 4.78 is 5.62. The molecule has 1 rings (SSSR count). The van der Waals surface area contributed by atoms with Crippen LogP contribution in [0.5, 0.6) is 0 Å². The summed E-state index contributed by atoms with van der Waals surface area (Å²) in [6.45, 7) is 12.8. The molecule has 1 heterocycles. The van der Waals surface area contributed by atoms with Gasteiger partial charge in [0.05, 0.1) is 12.2 Å². The van der Waals surface area contributed by atoms with Crippen LogP contribution in [0.15, 0.2) is 0 Å². The Morgan fingerprint density at radius 1 is 1.36 bits per heavy atom. The van der Waals surface area contributed by atoms with Crippen LogP contribution in [0.3, 0.4) is 0 Å². The smallest absolute Gasteiger partial charge is 0.101 e. The van der Waals surface area contributed by atoms with Gasteiger partial charge in [-0.2, -0.15) is 0 Å². The number of rotatable bonds is 0. The fourth-order valence-corrected chi connectivity index (χ4v) is 1.68. The molecule has 14 heavy (non-hydrogen) atoms. The van der Waals surface area contributed by atoms with Crippen LogP contribution in [-0.4, -0.2) is 36.0 Å². The quantitative estimate of drug-likeness (QED) is 0.478. The molecule has 82 valence electrons. The maximum atomic E-state index is 8.08. The molecular weight excluding hydrogens is 176 g/mol. The zero-order chi connectivity index (χ0) is 11.0. The first-order valence-electron chi connectivity index (χ1n) is 5.20. The Morgan fingerprint density at radius 3 is 2.36 bits per heavy atom. The fraction of sp³-hybridized carbons (Fsp3) is 0.909. The largest absolute Gasteiger partial charge is 0.372 e. The van der Waals surface area contributed by atoms with E-state index in [1.165, 1.54) is 0 Å². The van der Waals surface area contributed by atoms with E-state index in [-0.39, 0.29) is 11.0 Å². The second kappa shape index (κ2) is 3.54. The maximum absolute atomic E-state index is 8.08. The third kappa shape index (κ3) is 2.71. The topological polar surface area (TPSA) is 36.3 Å². The van der Waals surface area contributed by atoms with E-state index in [1.54, 1.807) is 0 Å². The SMILES string of the molecule is CC1(C)CN(C(=N)C(C)(C)C)CCO1. The van der Waals surface area contributed by atoms with E-state index in [1.807, 2.05) is 0 Å². The van der Waals surface area contributed by atoms with Gasteiger partial charge in [-0.15, -0.1) is 0 Å². The van der Waals surface area contributed by atoms with Crippen LogP contribution in [-0.2, 0) is 4.74 Å². The van der Waals surface area contributed by atoms with Gasteiger partial charge in [0, 0.05) is 18.5 Å². The van der Waals surface area contributed by atoms with Crippen molar-refractivity contribution in [3.63, 3.8) is 0 Å². The molecule has 3 nitrogen and oxygen atoms in total. The van der Waals surface area contributed by atoms with Gasteiger partial charge in [0.15, 0.2) is 0 Å². The highest BCUT2D eigenvalue weighted by molar-refractivity contribution is 5.84. The van der Waals surface area contributed by atoms with Gasteiger partial charge < -0.3 is 9.64 Å². The summed E-state index contributed by atoms with van der Waals surface area (Å²) in [6, 6.07) is 0. The second-order valence-corrected chi connectivity index (χ2v) is 5.63. The van der Waals surface area contributed by atoms with Crippen LogP contribution in [0.2, 0.25) is 0 Å². The van der Waals surface area contributed by atoms with Crippen LogP contribution in [0, 0.1) is 10.8 Å². The summed E-state index contributed by atoms with van der Waals surface area (Å²) >= 11 is 0. The van der Waals surface area contributed by atoms with E-state index in [0.717, 1.165) is 19.7 Å². The number of amidine groups is 1. The Balaban J connectivity index is 2.66. The normalized spacial score (nSPS) is 22.2. The lowest BCUT2D eigenvalue weighted by molar-refractivity contribution is -0.0695. The minimum Gasteiger partial charge on any atom is -0.372 e. The number of hydrogen-bond donors (Lipinski definition) is 1. The number of nitrogens with zero attached hydrogens (tertiary/aromatic N) is 1. The number of morpholine rings is 1. The van der Waals surface area contributed by atoms with Crippen molar-refractivity contribution in [1.82, 2.24) is 4.90 Å². The lowest BCUT2D eigenvalue weighted by atomic mass is 9.93. The van der Waals surface area contributed by atoms with E-state index >= 15 is 0 Å². The number of nitrogens with one attached hydrogen (secondary N) is 1. The van der Waals surface area contributed by atoms with E-state index in [9.17, 15) is 0 Å². The van der Waals surface area contributed by atoms with Crippen LogP contribution in [0.25, 0.3) is 0 Å². The first kappa shape index (κ1) is 11.5. The van der Waals surface area contributed by atoms with Gasteiger partial charge >= 0.3 is 0 Å². The Kier molecular flexibility index (Phi) is 2.91. The molecule has 0 radical (unpaired) electrons. The molecule has 1 fully saturated rings. The first-order valence-corrected chi connectivity index (χ1v) is 5.20. The summed E-state index contributed by atoms with van der Waals surface area (Å²) in [5.41, 5.74) is -0.177. The fourth-order valence-electron chi connectivity index (χ4n) is 1.68. The minimum atomic E-state index is -0.115. The van der Waals surface area contributed by atoms with Gasteiger partial charge in [0.1, 0.15) is 5.84 Å². The molecular formula is C11H22N2O. The monoisotopic (exact) mass is 198 g/mol. The highest BCUT2D eigenvalue weighted by atomic mass is 16.5. The van der Waals surface area contributed by atoms with E-state index < -0.39 is 0 Å². The summed E-state index contributed by atoms with van der Waals surface area (Å²) in [5, 5.41) is 8.08. The highest BCUT2D eigenvalue weighted by Crippen LogP contribution is 2.23. The predicted octanol–water partition coefficient (Wildman–Crippen LogP) is 2.12. The van der Waals surface area contributed by atoms with Crippen LogP contribution in [0.4, 0.5) is 0 Å². The minimum absolute atomic E-state index is 0.0621. The van der Waals surface area contributed by atoms with Crippen molar-refractivity contribution in [2.24, 2.45) is 5.41 Å². The average molecular weight is 198 g/mol. The van der Waals surface area contributed by atoms with E-state index in [0.29, 0.717) is 5.84 Å². The second-order valence-electron chi connectivity index (χ2n) is 5.63. The lowest BCUT2D eigenvalue weighted by Crippen LogP contribution is -2.53. The maximum Gasteiger partial charge on any atom is 0.101 e. The molecule has 0 saturated carbocycles. The van der Waals surface area contributed by atoms with Crippen molar-refractivity contribution in [2.45, 2.75) is 40.2 Å². The Hall–Kier alpha value is -0.570. The van der Waals surface area contributed by atoms with Gasteiger partial charge in [-0.1, -0.05) is 20.8 Å². The van der Waals surface area contributed by atoms with Crippen molar-refractivity contribution in [1.29, 1.82) is 5.41 Å². The predicted molar refractivity (Wildman–Crippen MR) is 58.8 cm³/mol. The van der Waals surface area contributed by atoms with Crippen LogP contribution < -0.4 is 0 Å². The third-order valence-electron chi connectivity index (χ3n) is 2.45. The molecule has 0 bridgehead atoms. The molecule has 0 aromatic carbocycles. The third-order valence-corrected chi connectivity index (χ3v) is 2.45. The molecule has 1 N–H and O–H groups in total. The van der Waals surface area contributed by atoms with Crippen molar-refractivity contribution >= 4 is 5.84 Å². The molecule has 0 amide bonds. The van der Waals surface area contributed by atoms with Gasteiger partial charge in [0.2, 0.25) is 0 Å². The zero-order valence-electron chi connectivity index (χ0n) is 9.98. The summed E-state index contributed by atoms with van der Waals surface area (Å²) in [6.07, 6.45) is 0. The van der Waals surface area contributed by atoms with Crippen molar-refractivity contribution < 1.29 is 4.74 Å². The van der Waals surface area contributed by atoms with Crippen LogP contribution >= 0.6 is 0 Å². The molecule has 0 spiro atoms. The zero-order valence-corrected chi connectivity index (χ0v) is 9.98. The highest BCUT2D eigenvalue weighted by Gasteiger charge is 2.32. The summed E-state index contributed by atoms with van der Waals surface area (Å²) in [4.78, 5) is 2.13. The summed E-state index contributed by atoms with van der Waals surface area (Å²) in [7, 11) is 0. The van der Waals surface area contributed by atoms with E-state index in [2.05, 4.69) is 39.5 Å². The molecule has 1 aliphatic rings. The molecule has 1 aliphatic heterocycles. The van der Waals surface area contributed by atoms with Gasteiger partial charge in [-0.25, -0.2) is 0 Å². The van der Waals surface area contributed by atoms with E-state index in [4.69, 9.17) is 10.1 Å². The molecule has 0 atom stereocenters. The van der Waals surface area contributed by atoms with Crippen molar-refractivity contribution in [3.05, 3.63) is 0 Å². The number of ether oxygens (including phenoxy) is 1. The Morgan fingerprint density at radius 2 is 1.93 bits per heavy atom. The van der Waals surface area contributed by atoms with Crippen molar-refractivity contribution in [3.8, 4) is 0 Å². The summed E-state index contributed by atoms with van der Waals surface area (Å²) in [5.74, 6) is 0.717. The molecule has 1 saturated heterocycles. The Labute approximate surface area is 86.9 Å². The van der Waals surface area contributed by atoms with Gasteiger partial charge in [-0.3, -0.25) is 5.41 Å². The molecule has 0 aliphatic carbocycles. The lowest BCUT2D eigenvalue weighted by Gasteiger charge is -2.42. The molecule has 0 aromatic rings. The standard InChI is InChI=1S/C11H22N2O/c1-10(2,3)9(12)13-6-7-14-11(4,5)8-13/h12H,6-8H2,1-5H3. The van der Waals surface area contributed by atoms with Gasteiger partial charge in [0.25, 0.3) is 0 Å². The van der Waals surface area contributed by atoms with Gasteiger partial charge in [-0.05, 0) is 13.8 Å². The average Bonchev–Trinajstić information content (AvgIpc) is 1.99.